The van der Waals surface area contributed by atoms with Crippen LogP contribution in [-0.4, -0.2) is 47.2 Å². The van der Waals surface area contributed by atoms with E-state index < -0.39 is 5.91 Å². The molecule has 1 N–H and O–H groups in total. The number of hydrogen-bond acceptors (Lipinski definition) is 7. The number of hydrogen-bond donors (Lipinski definition) is 1. The molecule has 1 aromatic carbocycles. The van der Waals surface area contributed by atoms with Crippen LogP contribution in [0, 0.1) is 12.7 Å². The third kappa shape index (κ3) is 3.93. The number of aromatic nitrogens is 3. The Balaban J connectivity index is 1.35. The van der Waals surface area contributed by atoms with E-state index in [1.54, 1.807) is 31.3 Å². The maximum Gasteiger partial charge on any atom is 0.277 e. The number of benzene rings is 1. The minimum Gasteiger partial charge on any atom is -0.368 e. The highest BCUT2D eigenvalue weighted by Crippen LogP contribution is 2.19. The standard InChI is InChI=1S/C19H19FN6O2/c1-13-10-17(24-28-13)23-19(27)16-11-22-18(12-21-16)26-8-6-25(7-9-26)15-4-2-14(20)3-5-15/h2-5,10-12H,6-9H2,1H3,(H,23,24,27). The summed E-state index contributed by atoms with van der Waals surface area (Å²) >= 11 is 0. The highest BCUT2D eigenvalue weighted by atomic mass is 19.1. The summed E-state index contributed by atoms with van der Waals surface area (Å²) in [4.78, 5) is 25.1. The Morgan fingerprint density at radius 3 is 2.39 bits per heavy atom. The van der Waals surface area contributed by atoms with Gasteiger partial charge in [-0.15, -0.1) is 0 Å². The van der Waals surface area contributed by atoms with Gasteiger partial charge < -0.3 is 19.6 Å². The monoisotopic (exact) mass is 382 g/mol. The molecule has 0 radical (unpaired) electrons. The summed E-state index contributed by atoms with van der Waals surface area (Å²) in [5.41, 5.74) is 1.21. The van der Waals surface area contributed by atoms with E-state index in [4.69, 9.17) is 4.52 Å². The van der Waals surface area contributed by atoms with Gasteiger partial charge in [-0.05, 0) is 31.2 Å². The van der Waals surface area contributed by atoms with Gasteiger partial charge in [-0.25, -0.2) is 14.4 Å². The predicted octanol–water partition coefficient (Wildman–Crippen LogP) is 2.49. The van der Waals surface area contributed by atoms with Crippen LogP contribution in [-0.2, 0) is 0 Å². The summed E-state index contributed by atoms with van der Waals surface area (Å²) in [6.07, 6.45) is 3.04. The van der Waals surface area contributed by atoms with Gasteiger partial charge in [0.2, 0.25) is 0 Å². The SMILES string of the molecule is Cc1cc(NC(=O)c2cnc(N3CCN(c4ccc(F)cc4)CC3)cn2)no1. The zero-order valence-electron chi connectivity index (χ0n) is 15.3. The van der Waals surface area contributed by atoms with Crippen molar-refractivity contribution in [3.8, 4) is 0 Å². The van der Waals surface area contributed by atoms with Crippen LogP contribution in [0.3, 0.4) is 0 Å². The van der Waals surface area contributed by atoms with Crippen LogP contribution in [0.2, 0.25) is 0 Å². The highest BCUT2D eigenvalue weighted by Gasteiger charge is 2.19. The molecule has 1 fully saturated rings. The van der Waals surface area contributed by atoms with Crippen LogP contribution in [0.4, 0.5) is 21.7 Å². The third-order valence-electron chi connectivity index (χ3n) is 4.54. The molecule has 144 valence electrons. The van der Waals surface area contributed by atoms with Crippen molar-refractivity contribution in [3.63, 3.8) is 0 Å². The maximum atomic E-state index is 13.1. The number of halogens is 1. The summed E-state index contributed by atoms with van der Waals surface area (Å²) < 4.78 is 18.0. The van der Waals surface area contributed by atoms with Crippen molar-refractivity contribution in [2.75, 3.05) is 41.3 Å². The fourth-order valence-electron chi connectivity index (χ4n) is 3.05. The van der Waals surface area contributed by atoms with E-state index in [0.29, 0.717) is 17.4 Å². The number of carbonyl (C=O) groups excluding carboxylic acids is 1. The number of amides is 1. The lowest BCUT2D eigenvalue weighted by molar-refractivity contribution is 0.102. The van der Waals surface area contributed by atoms with Gasteiger partial charge in [0, 0.05) is 37.9 Å². The van der Waals surface area contributed by atoms with Crippen molar-refractivity contribution in [2.24, 2.45) is 0 Å². The number of rotatable bonds is 4. The summed E-state index contributed by atoms with van der Waals surface area (Å²) in [5, 5.41) is 6.33. The number of nitrogens with zero attached hydrogens (tertiary/aromatic N) is 5. The molecule has 0 aliphatic carbocycles. The number of anilines is 3. The van der Waals surface area contributed by atoms with Gasteiger partial charge in [0.05, 0.1) is 12.4 Å². The first-order valence-corrected chi connectivity index (χ1v) is 8.91. The molecule has 8 nitrogen and oxygen atoms in total. The summed E-state index contributed by atoms with van der Waals surface area (Å²) in [5.74, 6) is 1.03. The average molecular weight is 382 g/mol. The molecule has 3 aromatic rings. The lowest BCUT2D eigenvalue weighted by atomic mass is 10.2. The second-order valence-corrected chi connectivity index (χ2v) is 6.49. The normalized spacial score (nSPS) is 14.2. The highest BCUT2D eigenvalue weighted by molar-refractivity contribution is 6.02. The molecule has 0 saturated carbocycles. The van der Waals surface area contributed by atoms with Crippen LogP contribution >= 0.6 is 0 Å². The van der Waals surface area contributed by atoms with E-state index in [9.17, 15) is 9.18 Å². The zero-order valence-corrected chi connectivity index (χ0v) is 15.3. The minimum atomic E-state index is -0.395. The first-order valence-electron chi connectivity index (χ1n) is 8.91. The molecule has 3 heterocycles. The van der Waals surface area contributed by atoms with Crippen LogP contribution in [0.15, 0.2) is 47.2 Å². The lowest BCUT2D eigenvalue weighted by Gasteiger charge is -2.36. The molecule has 1 amide bonds. The molecule has 2 aromatic heterocycles. The Bertz CT molecular complexity index is 949. The Morgan fingerprint density at radius 2 is 1.79 bits per heavy atom. The lowest BCUT2D eigenvalue weighted by Crippen LogP contribution is -2.46. The van der Waals surface area contributed by atoms with Gasteiger partial charge in [-0.3, -0.25) is 4.79 Å². The molecule has 0 spiro atoms. The number of aryl methyl sites for hydroxylation is 1. The maximum absolute atomic E-state index is 13.1. The molecule has 0 bridgehead atoms. The van der Waals surface area contributed by atoms with Crippen molar-refractivity contribution in [3.05, 3.63) is 60.0 Å². The first-order chi connectivity index (χ1) is 13.6. The van der Waals surface area contributed by atoms with Crippen molar-refractivity contribution in [1.82, 2.24) is 15.1 Å². The van der Waals surface area contributed by atoms with Crippen LogP contribution in [0.5, 0.6) is 0 Å². The van der Waals surface area contributed by atoms with E-state index in [1.165, 1.54) is 18.3 Å². The van der Waals surface area contributed by atoms with Gasteiger partial charge in [0.1, 0.15) is 23.1 Å². The number of carbonyl (C=O) groups is 1. The number of piperazine rings is 1. The smallest absolute Gasteiger partial charge is 0.277 e. The van der Waals surface area contributed by atoms with Crippen molar-refractivity contribution in [1.29, 1.82) is 0 Å². The van der Waals surface area contributed by atoms with Crippen molar-refractivity contribution >= 4 is 23.2 Å². The van der Waals surface area contributed by atoms with Crippen molar-refractivity contribution in [2.45, 2.75) is 6.92 Å². The van der Waals surface area contributed by atoms with E-state index in [-0.39, 0.29) is 11.5 Å². The van der Waals surface area contributed by atoms with E-state index >= 15 is 0 Å². The van der Waals surface area contributed by atoms with Gasteiger partial charge >= 0.3 is 0 Å². The molecular weight excluding hydrogens is 363 g/mol. The van der Waals surface area contributed by atoms with Gasteiger partial charge in [0.15, 0.2) is 5.82 Å². The Hall–Kier alpha value is -3.49. The molecular formula is C19H19FN6O2. The predicted molar refractivity (Wildman–Crippen MR) is 102 cm³/mol. The van der Waals surface area contributed by atoms with Gasteiger partial charge in [-0.1, -0.05) is 5.16 Å². The van der Waals surface area contributed by atoms with Crippen LogP contribution in [0.25, 0.3) is 0 Å². The molecule has 0 unspecified atom stereocenters. The molecule has 0 atom stereocenters. The van der Waals surface area contributed by atoms with Gasteiger partial charge in [-0.2, -0.15) is 0 Å². The average Bonchev–Trinajstić information content (AvgIpc) is 3.13. The zero-order chi connectivity index (χ0) is 19.5. The van der Waals surface area contributed by atoms with E-state index in [2.05, 4.69) is 30.2 Å². The Labute approximate surface area is 161 Å². The molecule has 1 saturated heterocycles. The minimum absolute atomic E-state index is 0.203. The fraction of sp³-hybridized carbons (Fsp3) is 0.263. The molecule has 28 heavy (non-hydrogen) atoms. The summed E-state index contributed by atoms with van der Waals surface area (Å²) in [6, 6.07) is 8.14. The summed E-state index contributed by atoms with van der Waals surface area (Å²) in [6.45, 7) is 4.85. The van der Waals surface area contributed by atoms with Crippen molar-refractivity contribution < 1.29 is 13.7 Å². The first kappa shape index (κ1) is 17.9. The second kappa shape index (κ2) is 7.63. The molecule has 4 rings (SSSR count). The fourth-order valence-corrected chi connectivity index (χ4v) is 3.05. The van der Waals surface area contributed by atoms with Crippen LogP contribution < -0.4 is 15.1 Å². The Morgan fingerprint density at radius 1 is 1.07 bits per heavy atom. The molecule has 9 heteroatoms. The second-order valence-electron chi connectivity index (χ2n) is 6.49. The summed E-state index contributed by atoms with van der Waals surface area (Å²) in [7, 11) is 0. The van der Waals surface area contributed by atoms with E-state index in [0.717, 1.165) is 31.9 Å². The largest absolute Gasteiger partial charge is 0.368 e. The van der Waals surface area contributed by atoms with Gasteiger partial charge in [0.25, 0.3) is 5.91 Å². The number of nitrogens with one attached hydrogen (secondary N) is 1. The quantitative estimate of drug-likeness (QED) is 0.742. The van der Waals surface area contributed by atoms with E-state index in [1.807, 2.05) is 0 Å². The third-order valence-corrected chi connectivity index (χ3v) is 4.54. The van der Waals surface area contributed by atoms with Crippen LogP contribution in [0.1, 0.15) is 16.2 Å². The molecule has 1 aliphatic heterocycles. The Kier molecular flexibility index (Phi) is 4.88. The topological polar surface area (TPSA) is 87.4 Å². The molecule has 1 aliphatic rings.